The number of aliphatic carboxylic acids is 1. The number of nitrogens with zero attached hydrogens (tertiary/aromatic N) is 2. The predicted molar refractivity (Wildman–Crippen MR) is 77.1 cm³/mol. The van der Waals surface area contributed by atoms with Crippen molar-refractivity contribution in [3.63, 3.8) is 0 Å². The lowest BCUT2D eigenvalue weighted by molar-refractivity contribution is -0.137. The maximum Gasteiger partial charge on any atom is 0.305 e. The largest absolute Gasteiger partial charge is 0.481 e. The van der Waals surface area contributed by atoms with Crippen molar-refractivity contribution in [1.82, 2.24) is 9.47 Å². The van der Waals surface area contributed by atoms with Gasteiger partial charge in [-0.3, -0.25) is 9.59 Å². The van der Waals surface area contributed by atoms with Gasteiger partial charge in [0.25, 0.3) is 0 Å². The fourth-order valence-electron chi connectivity index (χ4n) is 2.24. The lowest BCUT2D eigenvalue weighted by Crippen LogP contribution is -2.21. The average Bonchev–Trinajstić information content (AvgIpc) is 2.74. The quantitative estimate of drug-likeness (QED) is 0.817. The molecule has 0 amide bonds. The first-order valence-corrected chi connectivity index (χ1v) is 6.46. The van der Waals surface area contributed by atoms with Crippen LogP contribution in [0.5, 0.6) is 0 Å². The lowest BCUT2D eigenvalue weighted by atomic mass is 10.1. The molecule has 0 radical (unpaired) electrons. The summed E-state index contributed by atoms with van der Waals surface area (Å²) >= 11 is 0. The van der Waals surface area contributed by atoms with Crippen molar-refractivity contribution in [3.8, 4) is 0 Å². The van der Waals surface area contributed by atoms with Crippen LogP contribution in [0.3, 0.4) is 0 Å². The van der Waals surface area contributed by atoms with Crippen LogP contribution in [0, 0.1) is 0 Å². The number of carboxylic acid groups (broad SMARTS) is 1. The summed E-state index contributed by atoms with van der Waals surface area (Å²) in [4.78, 5) is 24.8. The molecule has 0 fully saturated rings. The second kappa shape index (κ2) is 5.88. The molecule has 5 heteroatoms. The summed E-state index contributed by atoms with van der Waals surface area (Å²) < 4.78 is 1.84. The Morgan fingerprint density at radius 3 is 2.60 bits per heavy atom. The molecule has 1 N–H and O–H groups in total. The van der Waals surface area contributed by atoms with Crippen molar-refractivity contribution < 1.29 is 14.7 Å². The van der Waals surface area contributed by atoms with Gasteiger partial charge in [-0.1, -0.05) is 18.2 Å². The molecular weight excluding hydrogens is 256 g/mol. The number of benzene rings is 1. The van der Waals surface area contributed by atoms with E-state index in [9.17, 15) is 9.59 Å². The third kappa shape index (κ3) is 3.05. The lowest BCUT2D eigenvalue weighted by Gasteiger charge is -2.07. The number of rotatable bonds is 6. The van der Waals surface area contributed by atoms with Crippen LogP contribution >= 0.6 is 0 Å². The molecule has 106 valence electrons. The van der Waals surface area contributed by atoms with Gasteiger partial charge in [0, 0.05) is 29.2 Å². The van der Waals surface area contributed by atoms with Crippen molar-refractivity contribution in [2.45, 2.75) is 13.0 Å². The molecule has 1 aromatic heterocycles. The SMILES string of the molecule is CN(C)CC(=O)c1cn(CCC(=O)O)c2ccccc12. The Kier molecular flexibility index (Phi) is 4.20. The van der Waals surface area contributed by atoms with E-state index in [1.807, 2.05) is 47.8 Å². The van der Waals surface area contributed by atoms with E-state index in [4.69, 9.17) is 5.11 Å². The van der Waals surface area contributed by atoms with Crippen LogP contribution in [0.25, 0.3) is 10.9 Å². The molecule has 0 bridgehead atoms. The molecule has 5 nitrogen and oxygen atoms in total. The van der Waals surface area contributed by atoms with Crippen molar-refractivity contribution in [1.29, 1.82) is 0 Å². The molecule has 0 saturated carbocycles. The molecule has 0 saturated heterocycles. The van der Waals surface area contributed by atoms with E-state index in [1.54, 1.807) is 6.20 Å². The highest BCUT2D eigenvalue weighted by Crippen LogP contribution is 2.22. The summed E-state index contributed by atoms with van der Waals surface area (Å²) in [6.07, 6.45) is 1.80. The molecule has 1 heterocycles. The van der Waals surface area contributed by atoms with E-state index in [0.717, 1.165) is 10.9 Å². The maximum absolute atomic E-state index is 12.2. The average molecular weight is 274 g/mol. The Bertz CT molecular complexity index is 644. The number of carbonyl (C=O) groups is 2. The number of aryl methyl sites for hydroxylation is 1. The Balaban J connectivity index is 2.40. The number of Topliss-reactive ketones (excluding diaryl/α,β-unsaturated/α-hetero) is 1. The van der Waals surface area contributed by atoms with E-state index >= 15 is 0 Å². The predicted octanol–water partition coefficient (Wildman–Crippen LogP) is 1.86. The zero-order chi connectivity index (χ0) is 14.7. The zero-order valence-electron chi connectivity index (χ0n) is 11.7. The first kappa shape index (κ1) is 14.3. The van der Waals surface area contributed by atoms with Gasteiger partial charge in [-0.25, -0.2) is 0 Å². The van der Waals surface area contributed by atoms with Gasteiger partial charge in [0.2, 0.25) is 0 Å². The van der Waals surface area contributed by atoms with E-state index in [1.165, 1.54) is 0 Å². The Morgan fingerprint density at radius 2 is 1.95 bits per heavy atom. The molecule has 0 aliphatic carbocycles. The molecule has 0 unspecified atom stereocenters. The molecule has 0 spiro atoms. The van der Waals surface area contributed by atoms with Crippen LogP contribution in [0.2, 0.25) is 0 Å². The number of aromatic nitrogens is 1. The highest BCUT2D eigenvalue weighted by Gasteiger charge is 2.15. The van der Waals surface area contributed by atoms with Crippen LogP contribution in [0.4, 0.5) is 0 Å². The molecule has 2 rings (SSSR count). The molecule has 20 heavy (non-hydrogen) atoms. The highest BCUT2D eigenvalue weighted by molar-refractivity contribution is 6.09. The third-order valence-electron chi connectivity index (χ3n) is 3.12. The van der Waals surface area contributed by atoms with Gasteiger partial charge >= 0.3 is 5.97 Å². The standard InChI is InChI=1S/C15H18N2O3/c1-16(2)10-14(18)12-9-17(8-7-15(19)20)13-6-4-3-5-11(12)13/h3-6,9H,7-8,10H2,1-2H3,(H,19,20). The second-order valence-electron chi connectivity index (χ2n) is 5.06. The summed E-state index contributed by atoms with van der Waals surface area (Å²) in [5, 5.41) is 9.67. The van der Waals surface area contributed by atoms with Crippen LogP contribution in [0.1, 0.15) is 16.8 Å². The minimum atomic E-state index is -0.844. The van der Waals surface area contributed by atoms with Crippen molar-refractivity contribution in [2.24, 2.45) is 0 Å². The van der Waals surface area contributed by atoms with Gasteiger partial charge in [-0.05, 0) is 20.2 Å². The Hall–Kier alpha value is -2.14. The Labute approximate surface area is 117 Å². The number of carbonyl (C=O) groups excluding carboxylic acids is 1. The number of fused-ring (bicyclic) bond motifs is 1. The normalized spacial score (nSPS) is 11.2. The minimum Gasteiger partial charge on any atom is -0.481 e. The van der Waals surface area contributed by atoms with Gasteiger partial charge in [-0.15, -0.1) is 0 Å². The molecule has 0 atom stereocenters. The van der Waals surface area contributed by atoms with Crippen LogP contribution in [-0.4, -0.2) is 47.0 Å². The van der Waals surface area contributed by atoms with Crippen LogP contribution < -0.4 is 0 Å². The zero-order valence-corrected chi connectivity index (χ0v) is 11.7. The number of ketones is 1. The van der Waals surface area contributed by atoms with Crippen molar-refractivity contribution in [3.05, 3.63) is 36.0 Å². The van der Waals surface area contributed by atoms with Gasteiger partial charge in [0.05, 0.1) is 13.0 Å². The second-order valence-corrected chi connectivity index (χ2v) is 5.06. The fourth-order valence-corrected chi connectivity index (χ4v) is 2.24. The van der Waals surface area contributed by atoms with Crippen molar-refractivity contribution in [2.75, 3.05) is 20.6 Å². The van der Waals surface area contributed by atoms with E-state index in [-0.39, 0.29) is 12.2 Å². The number of para-hydroxylation sites is 1. The molecular formula is C15H18N2O3. The van der Waals surface area contributed by atoms with Crippen molar-refractivity contribution >= 4 is 22.7 Å². The molecule has 0 aliphatic heterocycles. The third-order valence-corrected chi connectivity index (χ3v) is 3.12. The molecule has 0 aliphatic rings. The van der Waals surface area contributed by atoms with E-state index in [0.29, 0.717) is 18.7 Å². The molecule has 1 aromatic carbocycles. The summed E-state index contributed by atoms with van der Waals surface area (Å²) in [7, 11) is 3.70. The number of carboxylic acids is 1. The van der Waals surface area contributed by atoms with Gasteiger partial charge in [0.1, 0.15) is 0 Å². The maximum atomic E-state index is 12.2. The number of likely N-dealkylation sites (N-methyl/N-ethyl adjacent to an activating group) is 1. The number of hydrogen-bond donors (Lipinski definition) is 1. The highest BCUT2D eigenvalue weighted by atomic mass is 16.4. The topological polar surface area (TPSA) is 62.5 Å². The van der Waals surface area contributed by atoms with E-state index < -0.39 is 5.97 Å². The number of hydrogen-bond acceptors (Lipinski definition) is 3. The van der Waals surface area contributed by atoms with Gasteiger partial charge in [0.15, 0.2) is 5.78 Å². The monoisotopic (exact) mass is 274 g/mol. The van der Waals surface area contributed by atoms with Crippen LogP contribution in [-0.2, 0) is 11.3 Å². The fraction of sp³-hybridized carbons (Fsp3) is 0.333. The van der Waals surface area contributed by atoms with E-state index in [2.05, 4.69) is 0 Å². The summed E-state index contributed by atoms with van der Waals surface area (Å²) in [6, 6.07) is 7.58. The first-order chi connectivity index (χ1) is 9.49. The van der Waals surface area contributed by atoms with Gasteiger partial charge < -0.3 is 14.6 Å². The van der Waals surface area contributed by atoms with Crippen LogP contribution in [0.15, 0.2) is 30.5 Å². The summed E-state index contributed by atoms with van der Waals surface area (Å²) in [5.41, 5.74) is 1.55. The van der Waals surface area contributed by atoms with Gasteiger partial charge in [-0.2, -0.15) is 0 Å². The smallest absolute Gasteiger partial charge is 0.305 e. The summed E-state index contributed by atoms with van der Waals surface area (Å²) in [6.45, 7) is 0.706. The first-order valence-electron chi connectivity index (χ1n) is 6.46. The Morgan fingerprint density at radius 1 is 1.25 bits per heavy atom. The minimum absolute atomic E-state index is 0.0417. The summed E-state index contributed by atoms with van der Waals surface area (Å²) in [5.74, 6) is -0.802. The molecule has 2 aromatic rings.